The number of imidazole rings is 1. The highest BCUT2D eigenvalue weighted by Crippen LogP contribution is 1.90. The van der Waals surface area contributed by atoms with Crippen LogP contribution < -0.4 is 0 Å². The topological polar surface area (TPSA) is 24.0 Å². The van der Waals surface area contributed by atoms with Crippen LogP contribution in [0, 0.1) is 4.77 Å². The molecule has 1 heterocycles. The number of halogens is 1. The normalized spacial score (nSPS) is 9.92. The standard InChI is InChI=1S/C7H13N3S.ClH/c1-9(2)5-6-10-4-3-8-7(10)11;/h3-4H,5-6H2,1-2H3,(H,8,11);1H. The molecule has 0 radical (unpaired) electrons. The molecule has 1 rings (SSSR count). The van der Waals surface area contributed by atoms with Gasteiger partial charge in [-0.05, 0) is 26.3 Å². The van der Waals surface area contributed by atoms with Crippen LogP contribution in [-0.2, 0) is 6.54 Å². The van der Waals surface area contributed by atoms with Gasteiger partial charge in [-0.15, -0.1) is 12.4 Å². The van der Waals surface area contributed by atoms with Gasteiger partial charge in [0.15, 0.2) is 4.77 Å². The highest BCUT2D eigenvalue weighted by atomic mass is 35.5. The number of hydrogen-bond acceptors (Lipinski definition) is 2. The van der Waals surface area contributed by atoms with Crippen molar-refractivity contribution < 1.29 is 0 Å². The minimum atomic E-state index is 0. The first-order chi connectivity index (χ1) is 5.20. The zero-order chi connectivity index (χ0) is 8.27. The van der Waals surface area contributed by atoms with Crippen molar-refractivity contribution in [1.82, 2.24) is 14.5 Å². The molecule has 0 aliphatic rings. The quantitative estimate of drug-likeness (QED) is 0.761. The minimum Gasteiger partial charge on any atom is -0.337 e. The molecular weight excluding hydrogens is 194 g/mol. The molecule has 0 bridgehead atoms. The van der Waals surface area contributed by atoms with E-state index in [0.717, 1.165) is 17.9 Å². The number of nitrogens with one attached hydrogen (secondary N) is 1. The summed E-state index contributed by atoms with van der Waals surface area (Å²) in [7, 11) is 4.10. The largest absolute Gasteiger partial charge is 0.337 e. The van der Waals surface area contributed by atoms with Crippen molar-refractivity contribution in [2.24, 2.45) is 0 Å². The molecule has 3 nitrogen and oxygen atoms in total. The van der Waals surface area contributed by atoms with E-state index in [1.54, 1.807) is 0 Å². The Bertz CT molecular complexity index is 266. The zero-order valence-corrected chi connectivity index (χ0v) is 8.91. The third-order valence-electron chi connectivity index (χ3n) is 1.51. The Kier molecular flexibility index (Phi) is 5.20. The molecule has 0 atom stereocenters. The van der Waals surface area contributed by atoms with Crippen LogP contribution in [0.5, 0.6) is 0 Å². The first-order valence-corrected chi connectivity index (χ1v) is 3.99. The van der Waals surface area contributed by atoms with Crippen LogP contribution in [0.15, 0.2) is 12.4 Å². The number of hydrogen-bond donors (Lipinski definition) is 1. The summed E-state index contributed by atoms with van der Waals surface area (Å²) in [5.74, 6) is 0. The molecule has 0 unspecified atom stereocenters. The van der Waals surface area contributed by atoms with Crippen molar-refractivity contribution in [3.8, 4) is 0 Å². The lowest BCUT2D eigenvalue weighted by Crippen LogP contribution is -2.18. The molecule has 70 valence electrons. The molecule has 0 fully saturated rings. The third kappa shape index (κ3) is 3.38. The maximum Gasteiger partial charge on any atom is 0.177 e. The van der Waals surface area contributed by atoms with Crippen LogP contribution in [0.25, 0.3) is 0 Å². The Hall–Kier alpha value is -0.320. The van der Waals surface area contributed by atoms with E-state index in [9.17, 15) is 0 Å². The van der Waals surface area contributed by atoms with E-state index >= 15 is 0 Å². The minimum absolute atomic E-state index is 0. The fraction of sp³-hybridized carbons (Fsp3) is 0.571. The van der Waals surface area contributed by atoms with E-state index in [-0.39, 0.29) is 12.4 Å². The SMILES string of the molecule is CN(C)CCn1cc[nH]c1=S.Cl. The molecule has 0 saturated heterocycles. The summed E-state index contributed by atoms with van der Waals surface area (Å²) < 4.78 is 2.82. The second-order valence-corrected chi connectivity index (χ2v) is 3.15. The average molecular weight is 208 g/mol. The molecule has 0 amide bonds. The second kappa shape index (κ2) is 5.35. The molecule has 1 aromatic heterocycles. The van der Waals surface area contributed by atoms with Gasteiger partial charge in [-0.25, -0.2) is 0 Å². The number of likely N-dealkylation sites (N-methyl/N-ethyl adjacent to an activating group) is 1. The van der Waals surface area contributed by atoms with Crippen molar-refractivity contribution in [3.63, 3.8) is 0 Å². The highest BCUT2D eigenvalue weighted by Gasteiger charge is 1.92. The van der Waals surface area contributed by atoms with Gasteiger partial charge in [0.25, 0.3) is 0 Å². The molecule has 5 heteroatoms. The van der Waals surface area contributed by atoms with E-state index in [4.69, 9.17) is 12.2 Å². The molecule has 0 saturated carbocycles. The van der Waals surface area contributed by atoms with Crippen molar-refractivity contribution >= 4 is 24.6 Å². The number of aromatic nitrogens is 2. The Balaban J connectivity index is 0.00000121. The van der Waals surface area contributed by atoms with Crippen LogP contribution >= 0.6 is 24.6 Å². The summed E-state index contributed by atoms with van der Waals surface area (Å²) in [6.45, 7) is 1.97. The van der Waals surface area contributed by atoms with Gasteiger partial charge in [-0.1, -0.05) is 0 Å². The van der Waals surface area contributed by atoms with Crippen molar-refractivity contribution in [1.29, 1.82) is 0 Å². The van der Waals surface area contributed by atoms with Gasteiger partial charge in [0, 0.05) is 25.5 Å². The summed E-state index contributed by atoms with van der Waals surface area (Å²) in [4.78, 5) is 5.09. The van der Waals surface area contributed by atoms with E-state index < -0.39 is 0 Å². The first-order valence-electron chi connectivity index (χ1n) is 3.58. The monoisotopic (exact) mass is 207 g/mol. The van der Waals surface area contributed by atoms with Crippen LogP contribution in [-0.4, -0.2) is 35.1 Å². The van der Waals surface area contributed by atoms with E-state index in [2.05, 4.69) is 24.0 Å². The Morgan fingerprint density at radius 1 is 1.58 bits per heavy atom. The maximum atomic E-state index is 5.03. The Morgan fingerprint density at radius 3 is 2.67 bits per heavy atom. The van der Waals surface area contributed by atoms with Crippen LogP contribution in [0.1, 0.15) is 0 Å². The molecule has 0 aromatic carbocycles. The van der Waals surface area contributed by atoms with Crippen molar-refractivity contribution in [2.75, 3.05) is 20.6 Å². The number of aromatic amines is 1. The van der Waals surface area contributed by atoms with Gasteiger partial charge in [-0.2, -0.15) is 0 Å². The van der Waals surface area contributed by atoms with Gasteiger partial charge in [0.1, 0.15) is 0 Å². The van der Waals surface area contributed by atoms with Gasteiger partial charge in [-0.3, -0.25) is 0 Å². The zero-order valence-electron chi connectivity index (χ0n) is 7.28. The van der Waals surface area contributed by atoms with Crippen LogP contribution in [0.3, 0.4) is 0 Å². The van der Waals surface area contributed by atoms with Crippen molar-refractivity contribution in [2.45, 2.75) is 6.54 Å². The smallest absolute Gasteiger partial charge is 0.177 e. The lowest BCUT2D eigenvalue weighted by atomic mass is 10.6. The Labute approximate surface area is 83.8 Å². The van der Waals surface area contributed by atoms with Gasteiger partial charge >= 0.3 is 0 Å². The molecule has 1 aromatic rings. The molecule has 1 N–H and O–H groups in total. The molecular formula is C7H14ClN3S. The number of nitrogens with zero attached hydrogens (tertiary/aromatic N) is 2. The fourth-order valence-corrected chi connectivity index (χ4v) is 1.05. The van der Waals surface area contributed by atoms with Crippen molar-refractivity contribution in [3.05, 3.63) is 17.2 Å². The lowest BCUT2D eigenvalue weighted by molar-refractivity contribution is 0.383. The number of H-pyrrole nitrogens is 1. The van der Waals surface area contributed by atoms with Gasteiger partial charge in [0.05, 0.1) is 0 Å². The summed E-state index contributed by atoms with van der Waals surface area (Å²) in [6.07, 6.45) is 3.82. The summed E-state index contributed by atoms with van der Waals surface area (Å²) in [5, 5.41) is 0. The van der Waals surface area contributed by atoms with Crippen LogP contribution in [0.4, 0.5) is 0 Å². The van der Waals surface area contributed by atoms with E-state index in [0.29, 0.717) is 0 Å². The second-order valence-electron chi connectivity index (χ2n) is 2.76. The highest BCUT2D eigenvalue weighted by molar-refractivity contribution is 7.71. The van der Waals surface area contributed by atoms with Gasteiger partial charge in [0.2, 0.25) is 0 Å². The lowest BCUT2D eigenvalue weighted by Gasteiger charge is -2.08. The third-order valence-corrected chi connectivity index (χ3v) is 1.86. The van der Waals surface area contributed by atoms with E-state index in [1.807, 2.05) is 17.0 Å². The molecule has 0 aliphatic heterocycles. The maximum absolute atomic E-state index is 5.03. The van der Waals surface area contributed by atoms with Gasteiger partial charge < -0.3 is 14.5 Å². The Morgan fingerprint density at radius 2 is 2.25 bits per heavy atom. The molecule has 0 spiro atoms. The predicted molar refractivity (Wildman–Crippen MR) is 55.4 cm³/mol. The van der Waals surface area contributed by atoms with Crippen LogP contribution in [0.2, 0.25) is 0 Å². The summed E-state index contributed by atoms with van der Waals surface area (Å²) in [6, 6.07) is 0. The van der Waals surface area contributed by atoms with E-state index in [1.165, 1.54) is 0 Å². The number of rotatable bonds is 3. The average Bonchev–Trinajstić information content (AvgIpc) is 2.31. The fourth-order valence-electron chi connectivity index (χ4n) is 0.833. The summed E-state index contributed by atoms with van der Waals surface area (Å²) in [5.41, 5.74) is 0. The molecule has 12 heavy (non-hydrogen) atoms. The first kappa shape index (κ1) is 11.7. The molecule has 0 aliphatic carbocycles. The predicted octanol–water partition coefficient (Wildman–Crippen LogP) is 1.53. The summed E-state index contributed by atoms with van der Waals surface area (Å²) >= 11 is 5.03.